The topological polar surface area (TPSA) is 98.7 Å². The lowest BCUT2D eigenvalue weighted by atomic mass is 10.1. The zero-order valence-corrected chi connectivity index (χ0v) is 18.5. The summed E-state index contributed by atoms with van der Waals surface area (Å²) in [6, 6.07) is 6.14. The Morgan fingerprint density at radius 3 is 2.69 bits per heavy atom. The summed E-state index contributed by atoms with van der Waals surface area (Å²) in [5, 5.41) is 11.0. The second-order valence-electron chi connectivity index (χ2n) is 6.90. The number of benzene rings is 1. The van der Waals surface area contributed by atoms with Gasteiger partial charge in [0.1, 0.15) is 6.54 Å². The quantitative estimate of drug-likeness (QED) is 0.417. The van der Waals surface area contributed by atoms with Crippen molar-refractivity contribution in [2.75, 3.05) is 5.32 Å². The van der Waals surface area contributed by atoms with Gasteiger partial charge in [-0.2, -0.15) is 23.3 Å². The van der Waals surface area contributed by atoms with Crippen molar-refractivity contribution in [1.29, 1.82) is 0 Å². The monoisotopic (exact) mass is 508 g/mol. The molecule has 32 heavy (non-hydrogen) atoms. The average molecular weight is 509 g/mol. The number of pyridine rings is 1. The Morgan fingerprint density at radius 2 is 2.00 bits per heavy atom. The summed E-state index contributed by atoms with van der Waals surface area (Å²) in [5.41, 5.74) is -0.467. The van der Waals surface area contributed by atoms with Crippen LogP contribution in [-0.4, -0.2) is 30.8 Å². The minimum atomic E-state index is -4.74. The van der Waals surface area contributed by atoms with Crippen molar-refractivity contribution in [3.05, 3.63) is 63.6 Å². The third-order valence-corrected chi connectivity index (χ3v) is 5.42. The van der Waals surface area contributed by atoms with Gasteiger partial charge < -0.3 is 9.84 Å². The fourth-order valence-electron chi connectivity index (χ4n) is 3.14. The molecule has 0 aliphatic carbocycles. The Morgan fingerprint density at radius 1 is 1.25 bits per heavy atom. The molecule has 12 heteroatoms. The van der Waals surface area contributed by atoms with Gasteiger partial charge in [-0.1, -0.05) is 30.3 Å². The van der Waals surface area contributed by atoms with E-state index in [1.54, 1.807) is 31.3 Å². The number of hydrogen-bond donors (Lipinski definition) is 1. The Kier molecular flexibility index (Phi) is 5.71. The summed E-state index contributed by atoms with van der Waals surface area (Å²) in [4.78, 5) is 21.0. The van der Waals surface area contributed by atoms with Crippen LogP contribution in [0.15, 0.2) is 39.5 Å². The smallest absolute Gasteiger partial charge is 0.337 e. The molecule has 1 amide bonds. The second-order valence-corrected chi connectivity index (χ2v) is 7.70. The minimum absolute atomic E-state index is 0.0590. The molecular formula is C20H16BrF3N6O2. The number of carbonyl (C=O) groups is 1. The van der Waals surface area contributed by atoms with Gasteiger partial charge in [-0.25, -0.2) is 4.98 Å². The molecular weight excluding hydrogens is 493 g/mol. The number of hydrogen-bond acceptors (Lipinski definition) is 6. The molecule has 0 fully saturated rings. The zero-order valence-electron chi connectivity index (χ0n) is 16.9. The summed E-state index contributed by atoms with van der Waals surface area (Å²) in [6.07, 6.45) is -2.57. The minimum Gasteiger partial charge on any atom is -0.337 e. The van der Waals surface area contributed by atoms with Crippen molar-refractivity contribution in [3.63, 3.8) is 0 Å². The number of nitrogens with one attached hydrogen (secondary N) is 1. The molecule has 0 spiro atoms. The van der Waals surface area contributed by atoms with E-state index in [-0.39, 0.29) is 23.0 Å². The van der Waals surface area contributed by atoms with E-state index in [0.717, 1.165) is 0 Å². The molecule has 0 unspecified atom stereocenters. The van der Waals surface area contributed by atoms with Gasteiger partial charge in [0.15, 0.2) is 11.5 Å². The Labute approximate surface area is 188 Å². The molecule has 0 aliphatic heterocycles. The Bertz CT molecular complexity index is 1310. The molecule has 3 heterocycles. The van der Waals surface area contributed by atoms with Crippen LogP contribution >= 0.6 is 15.9 Å². The van der Waals surface area contributed by atoms with E-state index in [1.165, 1.54) is 10.7 Å². The highest BCUT2D eigenvalue weighted by Crippen LogP contribution is 2.38. The van der Waals surface area contributed by atoms with Gasteiger partial charge in [0.25, 0.3) is 5.91 Å². The van der Waals surface area contributed by atoms with E-state index in [1.807, 2.05) is 6.92 Å². The van der Waals surface area contributed by atoms with E-state index in [9.17, 15) is 18.0 Å². The summed E-state index contributed by atoms with van der Waals surface area (Å²) >= 11 is 2.94. The number of para-hydroxylation sites is 1. The Hall–Kier alpha value is -3.28. The summed E-state index contributed by atoms with van der Waals surface area (Å²) in [7, 11) is 0. The molecule has 0 aliphatic rings. The van der Waals surface area contributed by atoms with Crippen molar-refractivity contribution < 1.29 is 22.5 Å². The normalized spacial score (nSPS) is 11.8. The first-order valence-electron chi connectivity index (χ1n) is 9.49. The van der Waals surface area contributed by atoms with E-state index in [2.05, 4.69) is 41.5 Å². The summed E-state index contributed by atoms with van der Waals surface area (Å²) in [5.74, 6) is 0.182. The standard InChI is InChI=1S/C20H16BrF3N6O2/c1-3-14-27-15(32-29-14)9-30-8-13(10(2)28-30)26-19(31)16-11-6-4-5-7-12(11)25-18(17(16)21)20(22,23)24/h4-8H,3,9H2,1-2H3,(H,26,31). The van der Waals surface area contributed by atoms with E-state index < -0.39 is 22.3 Å². The Balaban J connectivity index is 1.67. The molecule has 0 atom stereocenters. The maximum Gasteiger partial charge on any atom is 0.434 e. The van der Waals surface area contributed by atoms with Crippen molar-refractivity contribution in [2.24, 2.45) is 0 Å². The van der Waals surface area contributed by atoms with Gasteiger partial charge in [-0.05, 0) is 28.9 Å². The molecule has 166 valence electrons. The van der Waals surface area contributed by atoms with Crippen LogP contribution in [0.1, 0.15) is 40.4 Å². The molecule has 0 bridgehead atoms. The number of carbonyl (C=O) groups excluding carboxylic acids is 1. The van der Waals surface area contributed by atoms with Gasteiger partial charge in [0.05, 0.1) is 26.9 Å². The van der Waals surface area contributed by atoms with Crippen molar-refractivity contribution >= 4 is 38.4 Å². The van der Waals surface area contributed by atoms with Crippen LogP contribution in [0, 0.1) is 6.92 Å². The van der Waals surface area contributed by atoms with Gasteiger partial charge in [-0.3, -0.25) is 9.48 Å². The lowest BCUT2D eigenvalue weighted by Gasteiger charge is -2.14. The number of aromatic nitrogens is 5. The third-order valence-electron chi connectivity index (χ3n) is 4.65. The lowest BCUT2D eigenvalue weighted by Crippen LogP contribution is -2.18. The molecule has 1 aromatic carbocycles. The number of halogens is 4. The largest absolute Gasteiger partial charge is 0.434 e. The summed E-state index contributed by atoms with van der Waals surface area (Å²) in [6.45, 7) is 3.74. The third kappa shape index (κ3) is 4.22. The molecule has 4 rings (SSSR count). The number of fused-ring (bicyclic) bond motifs is 1. The average Bonchev–Trinajstić information content (AvgIpc) is 3.32. The van der Waals surface area contributed by atoms with E-state index in [0.29, 0.717) is 29.5 Å². The van der Waals surface area contributed by atoms with Crippen molar-refractivity contribution in [3.8, 4) is 0 Å². The zero-order chi connectivity index (χ0) is 23.0. The fraction of sp³-hybridized carbons (Fsp3) is 0.250. The highest BCUT2D eigenvalue weighted by atomic mass is 79.9. The summed E-state index contributed by atoms with van der Waals surface area (Å²) < 4.78 is 46.7. The SMILES string of the molecule is CCc1noc(Cn2cc(NC(=O)c3c(Br)c(C(F)(F)F)nc4ccccc34)c(C)n2)n1. The van der Waals surface area contributed by atoms with Gasteiger partial charge in [0, 0.05) is 18.0 Å². The first-order valence-corrected chi connectivity index (χ1v) is 10.3. The number of aryl methyl sites for hydroxylation is 2. The van der Waals surface area contributed by atoms with Crippen LogP contribution < -0.4 is 5.32 Å². The van der Waals surface area contributed by atoms with Crippen LogP contribution in [0.5, 0.6) is 0 Å². The molecule has 0 saturated heterocycles. The first kappa shape index (κ1) is 21.9. The predicted molar refractivity (Wildman–Crippen MR) is 112 cm³/mol. The van der Waals surface area contributed by atoms with Crippen LogP contribution in [0.25, 0.3) is 10.9 Å². The van der Waals surface area contributed by atoms with Crippen molar-refractivity contribution in [1.82, 2.24) is 24.9 Å². The number of anilines is 1. The van der Waals surface area contributed by atoms with E-state index >= 15 is 0 Å². The van der Waals surface area contributed by atoms with Crippen LogP contribution in [0.2, 0.25) is 0 Å². The van der Waals surface area contributed by atoms with Gasteiger partial charge >= 0.3 is 6.18 Å². The number of rotatable bonds is 5. The van der Waals surface area contributed by atoms with Crippen LogP contribution in [-0.2, 0) is 19.1 Å². The molecule has 3 aromatic heterocycles. The van der Waals surface area contributed by atoms with Crippen LogP contribution in [0.4, 0.5) is 18.9 Å². The number of nitrogens with zero attached hydrogens (tertiary/aromatic N) is 5. The van der Waals surface area contributed by atoms with E-state index in [4.69, 9.17) is 4.52 Å². The number of amides is 1. The highest BCUT2D eigenvalue weighted by Gasteiger charge is 2.37. The molecule has 4 aromatic rings. The molecule has 0 radical (unpaired) electrons. The molecule has 1 N–H and O–H groups in total. The van der Waals surface area contributed by atoms with Crippen molar-refractivity contribution in [2.45, 2.75) is 33.0 Å². The number of alkyl halides is 3. The lowest BCUT2D eigenvalue weighted by molar-refractivity contribution is -0.141. The highest BCUT2D eigenvalue weighted by molar-refractivity contribution is 9.10. The van der Waals surface area contributed by atoms with Gasteiger partial charge in [-0.15, -0.1) is 0 Å². The molecule has 8 nitrogen and oxygen atoms in total. The maximum absolute atomic E-state index is 13.5. The maximum atomic E-state index is 13.5. The molecule has 0 saturated carbocycles. The predicted octanol–water partition coefficient (Wildman–Crippen LogP) is 4.77. The second kappa shape index (κ2) is 8.34. The van der Waals surface area contributed by atoms with Gasteiger partial charge in [0.2, 0.25) is 5.89 Å². The fourth-order valence-corrected chi connectivity index (χ4v) is 3.85. The first-order chi connectivity index (χ1) is 15.2. The van der Waals surface area contributed by atoms with Crippen LogP contribution in [0.3, 0.4) is 0 Å².